The summed E-state index contributed by atoms with van der Waals surface area (Å²) in [5, 5.41) is 9.63. The number of esters is 1. The molecule has 8 heteroatoms. The van der Waals surface area contributed by atoms with Crippen LogP contribution in [-0.2, 0) is 29.3 Å². The van der Waals surface area contributed by atoms with Gasteiger partial charge in [0.2, 0.25) is 0 Å². The summed E-state index contributed by atoms with van der Waals surface area (Å²) in [6.07, 6.45) is 18.0. The van der Waals surface area contributed by atoms with Crippen LogP contribution in [-0.4, -0.2) is 44.7 Å². The number of Topliss-reactive ketones (excluding diaryl/α,β-unsaturated/α-hetero) is 1. The molecule has 0 aliphatic heterocycles. The molecule has 300 valence electrons. The second kappa shape index (κ2) is 13.2. The number of hydrogen-bond donors (Lipinski definition) is 1. The van der Waals surface area contributed by atoms with Crippen LogP contribution >= 0.6 is 0 Å². The van der Waals surface area contributed by atoms with E-state index in [9.17, 15) is 24.3 Å². The fourth-order valence-electron chi connectivity index (χ4n) is 13.6. The summed E-state index contributed by atoms with van der Waals surface area (Å²) in [5.74, 6) is 1.00. The van der Waals surface area contributed by atoms with Crippen molar-refractivity contribution in [2.24, 2.45) is 56.2 Å². The number of fused-ring (bicyclic) bond motifs is 7. The van der Waals surface area contributed by atoms with E-state index in [0.717, 1.165) is 81.2 Å². The molecule has 1 aromatic heterocycles. The van der Waals surface area contributed by atoms with Gasteiger partial charge in [0.1, 0.15) is 11.9 Å². The highest BCUT2D eigenvalue weighted by molar-refractivity contribution is 6.01. The highest BCUT2D eigenvalue weighted by Crippen LogP contribution is 2.77. The van der Waals surface area contributed by atoms with E-state index in [1.54, 1.807) is 13.8 Å². The zero-order valence-corrected chi connectivity index (χ0v) is 35.3. The Morgan fingerprint density at radius 2 is 1.58 bits per heavy atom. The van der Waals surface area contributed by atoms with Crippen molar-refractivity contribution in [2.45, 2.75) is 164 Å². The molecule has 6 aliphatic rings. The molecule has 1 heterocycles. The van der Waals surface area contributed by atoms with Crippen molar-refractivity contribution >= 4 is 23.5 Å². The van der Waals surface area contributed by atoms with Crippen molar-refractivity contribution in [1.29, 1.82) is 0 Å². The fourth-order valence-corrected chi connectivity index (χ4v) is 13.6. The van der Waals surface area contributed by atoms with E-state index >= 15 is 0 Å². The number of carbonyl (C=O) groups is 4. The van der Waals surface area contributed by atoms with Gasteiger partial charge in [0.05, 0.1) is 11.8 Å². The summed E-state index contributed by atoms with van der Waals surface area (Å²) in [6.45, 7) is 21.7. The maximum absolute atomic E-state index is 14.1. The minimum atomic E-state index is -1.17. The maximum atomic E-state index is 14.1. The first-order valence-electron chi connectivity index (χ1n) is 21.3. The first kappa shape index (κ1) is 40.1. The Hall–Kier alpha value is -3.16. The number of carboxylic acid groups (broad SMARTS) is 1. The third kappa shape index (κ3) is 6.20. The normalized spacial score (nSPS) is 37.5. The van der Waals surface area contributed by atoms with Crippen molar-refractivity contribution in [1.82, 2.24) is 9.97 Å². The number of ketones is 2. The standard InChI is InChI=1S/C47H66N2O6/c1-28(2)37-32(51)24-46(18-13-30(50)23-47(21-22-47)39-48-26-29(3)27-49-39)20-19-44(9)31(38(37)46)11-12-34-43(8)16-15-35(55-36(52)25-41(4,5)40(53)54)42(6,7)33(43)14-17-45(34,44)10/h13,18,26-28,31,33-35H,11-12,14-17,19-25H2,1-10H3,(H,53,54)/b18-13+/t31-,33+,34-,35+,43+,44-,45-,46+/m1/s1. The maximum Gasteiger partial charge on any atom is 0.309 e. The van der Waals surface area contributed by atoms with Gasteiger partial charge in [-0.05, 0) is 148 Å². The smallest absolute Gasteiger partial charge is 0.309 e. The third-order valence-corrected chi connectivity index (χ3v) is 17.1. The number of aryl methyl sites for hydroxylation is 1. The summed E-state index contributed by atoms with van der Waals surface area (Å²) < 4.78 is 6.18. The third-order valence-electron chi connectivity index (χ3n) is 17.1. The quantitative estimate of drug-likeness (QED) is 0.185. The summed E-state index contributed by atoms with van der Waals surface area (Å²) in [6, 6.07) is 0. The number of aromatic nitrogens is 2. The van der Waals surface area contributed by atoms with Crippen molar-refractivity contribution in [2.75, 3.05) is 0 Å². The van der Waals surface area contributed by atoms with Crippen LogP contribution < -0.4 is 0 Å². The molecule has 0 amide bonds. The van der Waals surface area contributed by atoms with Crippen LogP contribution in [0.4, 0.5) is 0 Å². The molecule has 0 aromatic carbocycles. The second-order valence-corrected chi connectivity index (χ2v) is 21.4. The SMILES string of the molecule is Cc1cnc(C2(CC(=O)/C=C/[C@@]34CC[C@]5(C)[C@H](CC[C@@H]6[C@@]7(C)CC[C@H](OC(=O)CC(C)(C)C(=O)O)C(C)(C)[C@@H]7CC[C@]65C)C3=C(C(C)C)C(=O)C4)CC2)nc1. The Kier molecular flexibility index (Phi) is 9.61. The Balaban J connectivity index is 1.14. The van der Waals surface area contributed by atoms with Gasteiger partial charge >= 0.3 is 11.9 Å². The zero-order valence-electron chi connectivity index (χ0n) is 35.3. The van der Waals surface area contributed by atoms with E-state index < -0.39 is 22.8 Å². The van der Waals surface area contributed by atoms with Gasteiger partial charge in [-0.1, -0.05) is 54.5 Å². The average Bonchev–Trinajstić information content (AvgIpc) is 3.80. The van der Waals surface area contributed by atoms with Crippen LogP contribution in [0.25, 0.3) is 0 Å². The average molecular weight is 755 g/mol. The van der Waals surface area contributed by atoms with E-state index in [4.69, 9.17) is 4.74 Å². The Morgan fingerprint density at radius 1 is 0.909 bits per heavy atom. The molecule has 8 nitrogen and oxygen atoms in total. The Morgan fingerprint density at radius 3 is 2.20 bits per heavy atom. The first-order valence-corrected chi connectivity index (χ1v) is 21.3. The van der Waals surface area contributed by atoms with Crippen LogP contribution in [0.2, 0.25) is 0 Å². The number of hydrogen-bond acceptors (Lipinski definition) is 7. The molecule has 8 atom stereocenters. The number of aliphatic carboxylic acids is 1. The molecule has 6 aliphatic carbocycles. The number of carboxylic acids is 1. The molecule has 5 fully saturated rings. The molecular weight excluding hydrogens is 689 g/mol. The van der Waals surface area contributed by atoms with Crippen LogP contribution in [0.1, 0.15) is 157 Å². The van der Waals surface area contributed by atoms with E-state index in [1.165, 1.54) is 5.57 Å². The van der Waals surface area contributed by atoms with Gasteiger partial charge in [-0.2, -0.15) is 0 Å². The Bertz CT molecular complexity index is 1830. The Labute approximate surface area is 329 Å². The minimum absolute atomic E-state index is 0.00204. The number of allylic oxidation sites excluding steroid dienone is 4. The lowest BCUT2D eigenvalue weighted by molar-refractivity contribution is -0.232. The molecule has 0 radical (unpaired) electrons. The van der Waals surface area contributed by atoms with Crippen LogP contribution in [0.5, 0.6) is 0 Å². The van der Waals surface area contributed by atoms with Gasteiger partial charge in [-0.3, -0.25) is 19.2 Å². The summed E-state index contributed by atoms with van der Waals surface area (Å²) in [4.78, 5) is 61.9. The predicted molar refractivity (Wildman–Crippen MR) is 212 cm³/mol. The van der Waals surface area contributed by atoms with Crippen LogP contribution in [0.15, 0.2) is 35.7 Å². The highest BCUT2D eigenvalue weighted by atomic mass is 16.5. The van der Waals surface area contributed by atoms with E-state index in [2.05, 4.69) is 64.5 Å². The first-order chi connectivity index (χ1) is 25.6. The number of ether oxygens (including phenoxy) is 1. The molecule has 7 rings (SSSR count). The molecule has 0 saturated heterocycles. The van der Waals surface area contributed by atoms with Gasteiger partial charge in [0, 0.05) is 41.5 Å². The van der Waals surface area contributed by atoms with Crippen LogP contribution in [0, 0.1) is 63.1 Å². The summed E-state index contributed by atoms with van der Waals surface area (Å²) >= 11 is 0. The molecule has 0 spiro atoms. The second-order valence-electron chi connectivity index (χ2n) is 21.4. The van der Waals surface area contributed by atoms with Gasteiger partial charge in [0.25, 0.3) is 0 Å². The van der Waals surface area contributed by atoms with Crippen molar-refractivity contribution in [3.8, 4) is 0 Å². The molecule has 0 bridgehead atoms. The monoisotopic (exact) mass is 754 g/mol. The lowest BCUT2D eigenvalue weighted by Crippen LogP contribution is -2.65. The van der Waals surface area contributed by atoms with E-state index in [1.807, 2.05) is 25.4 Å². The van der Waals surface area contributed by atoms with Crippen molar-refractivity contribution in [3.63, 3.8) is 0 Å². The van der Waals surface area contributed by atoms with Gasteiger partial charge < -0.3 is 9.84 Å². The molecule has 5 saturated carbocycles. The predicted octanol–water partition coefficient (Wildman–Crippen LogP) is 9.73. The number of carbonyl (C=O) groups excluding carboxylic acids is 3. The van der Waals surface area contributed by atoms with Gasteiger partial charge in [0.15, 0.2) is 11.6 Å². The van der Waals surface area contributed by atoms with Crippen molar-refractivity contribution in [3.05, 3.63) is 47.1 Å². The topological polar surface area (TPSA) is 124 Å². The molecule has 0 unspecified atom stereocenters. The highest BCUT2D eigenvalue weighted by Gasteiger charge is 2.70. The molecule has 1 aromatic rings. The van der Waals surface area contributed by atoms with E-state index in [-0.39, 0.29) is 63.0 Å². The molecular formula is C47H66N2O6. The lowest BCUT2D eigenvalue weighted by Gasteiger charge is -2.72. The van der Waals surface area contributed by atoms with Gasteiger partial charge in [-0.15, -0.1) is 0 Å². The molecule has 55 heavy (non-hydrogen) atoms. The van der Waals surface area contributed by atoms with E-state index in [0.29, 0.717) is 24.7 Å². The minimum Gasteiger partial charge on any atom is -0.481 e. The van der Waals surface area contributed by atoms with Crippen molar-refractivity contribution < 1.29 is 29.0 Å². The van der Waals surface area contributed by atoms with Crippen LogP contribution in [0.3, 0.4) is 0 Å². The number of nitrogens with zero attached hydrogens (tertiary/aromatic N) is 2. The summed E-state index contributed by atoms with van der Waals surface area (Å²) in [7, 11) is 0. The lowest BCUT2D eigenvalue weighted by atomic mass is 9.33. The number of rotatable bonds is 10. The molecule has 1 N–H and O–H groups in total. The summed E-state index contributed by atoms with van der Waals surface area (Å²) in [5.41, 5.74) is 1.43. The largest absolute Gasteiger partial charge is 0.481 e. The zero-order chi connectivity index (χ0) is 40.1. The fraction of sp³-hybridized carbons (Fsp3) is 0.745. The van der Waals surface area contributed by atoms with Gasteiger partial charge in [-0.25, -0.2) is 9.97 Å².